The topological polar surface area (TPSA) is 45.0 Å². The molecule has 4 heteroatoms. The van der Waals surface area contributed by atoms with E-state index in [0.717, 1.165) is 41.9 Å². The average Bonchev–Trinajstić information content (AvgIpc) is 2.98. The van der Waals surface area contributed by atoms with Gasteiger partial charge in [-0.1, -0.05) is 29.8 Å². The van der Waals surface area contributed by atoms with E-state index in [1.54, 1.807) is 0 Å². The van der Waals surface area contributed by atoms with Gasteiger partial charge >= 0.3 is 0 Å². The molecule has 25 heavy (non-hydrogen) atoms. The Bertz CT molecular complexity index is 880. The smallest absolute Gasteiger partial charge is 0.0506 e. The molecule has 3 N–H and O–H groups in total. The van der Waals surface area contributed by atoms with Crippen molar-refractivity contribution in [1.29, 1.82) is 0 Å². The lowest BCUT2D eigenvalue weighted by molar-refractivity contribution is 0.748. The summed E-state index contributed by atoms with van der Waals surface area (Å²) in [4.78, 5) is 5.78. The number of nitrogens with zero attached hydrogens (tertiary/aromatic N) is 1. The number of nitrogens with two attached hydrogens (primary N) is 1. The number of hydrogen-bond donors (Lipinski definition) is 2. The van der Waals surface area contributed by atoms with Crippen LogP contribution >= 0.6 is 11.6 Å². The lowest BCUT2D eigenvalue weighted by Gasteiger charge is -2.14. The fourth-order valence-electron chi connectivity index (χ4n) is 3.33. The number of rotatable bonds is 6. The fraction of sp³-hybridized carbons (Fsp3) is 0.333. The number of hydrogen-bond acceptors (Lipinski definition) is 2. The SMILES string of the molecule is Cc1c(Cl)ccc2c(CCCCN)c(-c3cccc(N(C)C)c3)[nH]c12. The number of anilines is 1. The van der Waals surface area contributed by atoms with Crippen LogP contribution in [0.5, 0.6) is 0 Å². The first-order chi connectivity index (χ1) is 12.0. The first kappa shape index (κ1) is 17.8. The maximum absolute atomic E-state index is 6.35. The number of nitrogens with one attached hydrogen (secondary N) is 1. The van der Waals surface area contributed by atoms with Crippen LogP contribution in [0.25, 0.3) is 22.2 Å². The number of fused-ring (bicyclic) bond motifs is 1. The maximum Gasteiger partial charge on any atom is 0.0506 e. The summed E-state index contributed by atoms with van der Waals surface area (Å²) in [7, 11) is 4.13. The normalized spacial score (nSPS) is 11.2. The molecule has 0 bridgehead atoms. The second-order valence-electron chi connectivity index (χ2n) is 6.76. The first-order valence-corrected chi connectivity index (χ1v) is 9.18. The molecule has 3 nitrogen and oxygen atoms in total. The molecule has 3 rings (SSSR count). The maximum atomic E-state index is 6.35. The van der Waals surface area contributed by atoms with E-state index in [-0.39, 0.29) is 0 Å². The Labute approximate surface area is 154 Å². The molecule has 132 valence electrons. The number of unbranched alkanes of at least 4 members (excludes halogenated alkanes) is 1. The number of halogens is 1. The molecule has 0 amide bonds. The quantitative estimate of drug-likeness (QED) is 0.601. The van der Waals surface area contributed by atoms with E-state index >= 15 is 0 Å². The van der Waals surface area contributed by atoms with Crippen molar-refractivity contribution >= 4 is 28.2 Å². The van der Waals surface area contributed by atoms with Gasteiger partial charge in [0.2, 0.25) is 0 Å². The lowest BCUT2D eigenvalue weighted by atomic mass is 9.99. The van der Waals surface area contributed by atoms with E-state index in [1.165, 1.54) is 27.9 Å². The highest BCUT2D eigenvalue weighted by Crippen LogP contribution is 2.36. The minimum absolute atomic E-state index is 0.735. The van der Waals surface area contributed by atoms with E-state index in [1.807, 2.05) is 6.07 Å². The molecule has 1 heterocycles. The predicted molar refractivity (Wildman–Crippen MR) is 110 cm³/mol. The zero-order chi connectivity index (χ0) is 18.0. The summed E-state index contributed by atoms with van der Waals surface area (Å²) in [6, 6.07) is 12.8. The summed E-state index contributed by atoms with van der Waals surface area (Å²) in [5.41, 5.74) is 12.9. The molecule has 0 saturated heterocycles. The van der Waals surface area contributed by atoms with E-state index < -0.39 is 0 Å². The summed E-state index contributed by atoms with van der Waals surface area (Å²) in [5, 5.41) is 2.07. The highest BCUT2D eigenvalue weighted by molar-refractivity contribution is 6.32. The monoisotopic (exact) mass is 355 g/mol. The first-order valence-electron chi connectivity index (χ1n) is 8.80. The predicted octanol–water partition coefficient (Wildman–Crippen LogP) is 5.14. The third kappa shape index (κ3) is 3.53. The van der Waals surface area contributed by atoms with Crippen molar-refractivity contribution in [3.05, 3.63) is 52.5 Å². The van der Waals surface area contributed by atoms with Crippen molar-refractivity contribution in [3.8, 4) is 11.3 Å². The largest absolute Gasteiger partial charge is 0.378 e. The fourth-order valence-corrected chi connectivity index (χ4v) is 3.48. The number of aromatic nitrogens is 1. The lowest BCUT2D eigenvalue weighted by Crippen LogP contribution is -2.08. The van der Waals surface area contributed by atoms with Gasteiger partial charge in [-0.15, -0.1) is 0 Å². The molecule has 0 saturated carbocycles. The highest BCUT2D eigenvalue weighted by atomic mass is 35.5. The Morgan fingerprint density at radius 2 is 1.92 bits per heavy atom. The molecular weight excluding hydrogens is 330 g/mol. The highest BCUT2D eigenvalue weighted by Gasteiger charge is 2.16. The molecular formula is C21H26ClN3. The van der Waals surface area contributed by atoms with Crippen molar-refractivity contribution in [3.63, 3.8) is 0 Å². The third-order valence-corrected chi connectivity index (χ3v) is 5.22. The van der Waals surface area contributed by atoms with Gasteiger partial charge in [0, 0.05) is 41.4 Å². The molecule has 2 aromatic carbocycles. The number of H-pyrrole nitrogens is 1. The minimum Gasteiger partial charge on any atom is -0.378 e. The standard InChI is InChI=1S/C21H26ClN3/c1-14-19(22)11-10-18-17(9-4-5-12-23)21(24-20(14)18)15-7-6-8-16(13-15)25(2)3/h6-8,10-11,13,24H,4-5,9,12,23H2,1-3H3. The van der Waals surface area contributed by atoms with Crippen molar-refractivity contribution in [1.82, 2.24) is 4.98 Å². The Kier molecular flexibility index (Phi) is 5.36. The van der Waals surface area contributed by atoms with Gasteiger partial charge < -0.3 is 15.6 Å². The number of benzene rings is 2. The Hall–Kier alpha value is -1.97. The van der Waals surface area contributed by atoms with E-state index in [0.29, 0.717) is 0 Å². The molecule has 0 unspecified atom stereocenters. The van der Waals surface area contributed by atoms with Crippen LogP contribution in [0.15, 0.2) is 36.4 Å². The number of aromatic amines is 1. The average molecular weight is 356 g/mol. The van der Waals surface area contributed by atoms with Crippen molar-refractivity contribution < 1.29 is 0 Å². The Balaban J connectivity index is 2.17. The molecule has 0 radical (unpaired) electrons. The molecule has 0 aliphatic heterocycles. The van der Waals surface area contributed by atoms with Crippen LogP contribution < -0.4 is 10.6 Å². The van der Waals surface area contributed by atoms with Crippen LogP contribution in [0.2, 0.25) is 5.02 Å². The molecule has 3 aromatic rings. The Morgan fingerprint density at radius 1 is 1.12 bits per heavy atom. The summed E-state index contributed by atoms with van der Waals surface area (Å²) < 4.78 is 0. The minimum atomic E-state index is 0.735. The summed E-state index contributed by atoms with van der Waals surface area (Å²) in [6.07, 6.45) is 3.14. The van der Waals surface area contributed by atoms with Gasteiger partial charge in [0.25, 0.3) is 0 Å². The van der Waals surface area contributed by atoms with Crippen molar-refractivity contribution in [2.24, 2.45) is 5.73 Å². The molecule has 0 aliphatic carbocycles. The van der Waals surface area contributed by atoms with Gasteiger partial charge in [-0.05, 0) is 62.1 Å². The second kappa shape index (κ2) is 7.51. The van der Waals surface area contributed by atoms with Crippen LogP contribution in [0, 0.1) is 6.92 Å². The van der Waals surface area contributed by atoms with Gasteiger partial charge in [-0.25, -0.2) is 0 Å². The van der Waals surface area contributed by atoms with Gasteiger partial charge in [-0.3, -0.25) is 0 Å². The number of aryl methyl sites for hydroxylation is 2. The van der Waals surface area contributed by atoms with E-state index in [9.17, 15) is 0 Å². The summed E-state index contributed by atoms with van der Waals surface area (Å²) in [6.45, 7) is 2.81. The molecule has 0 atom stereocenters. The molecule has 1 aromatic heterocycles. The van der Waals surface area contributed by atoms with Crippen LogP contribution in [0.3, 0.4) is 0 Å². The van der Waals surface area contributed by atoms with Crippen LogP contribution in [0.4, 0.5) is 5.69 Å². The van der Waals surface area contributed by atoms with E-state index in [4.69, 9.17) is 17.3 Å². The van der Waals surface area contributed by atoms with Crippen LogP contribution in [0.1, 0.15) is 24.0 Å². The van der Waals surface area contributed by atoms with Crippen molar-refractivity contribution in [2.45, 2.75) is 26.2 Å². The molecule has 0 aliphatic rings. The zero-order valence-electron chi connectivity index (χ0n) is 15.2. The van der Waals surface area contributed by atoms with Gasteiger partial charge in [0.05, 0.1) is 5.52 Å². The van der Waals surface area contributed by atoms with Crippen molar-refractivity contribution in [2.75, 3.05) is 25.5 Å². The summed E-state index contributed by atoms with van der Waals surface area (Å²) >= 11 is 6.35. The Morgan fingerprint density at radius 3 is 2.64 bits per heavy atom. The van der Waals surface area contributed by atoms with Crippen LogP contribution in [-0.4, -0.2) is 25.6 Å². The van der Waals surface area contributed by atoms with Gasteiger partial charge in [0.15, 0.2) is 0 Å². The van der Waals surface area contributed by atoms with Crippen LogP contribution in [-0.2, 0) is 6.42 Å². The van der Waals surface area contributed by atoms with E-state index in [2.05, 4.69) is 61.2 Å². The zero-order valence-corrected chi connectivity index (χ0v) is 16.0. The molecule has 0 fully saturated rings. The molecule has 0 spiro atoms. The van der Waals surface area contributed by atoms with Gasteiger partial charge in [0.1, 0.15) is 0 Å². The summed E-state index contributed by atoms with van der Waals surface area (Å²) in [5.74, 6) is 0. The van der Waals surface area contributed by atoms with Gasteiger partial charge in [-0.2, -0.15) is 0 Å². The second-order valence-corrected chi connectivity index (χ2v) is 7.17. The third-order valence-electron chi connectivity index (χ3n) is 4.81.